The number of carbonyl (C=O) groups excluding carboxylic acids is 1. The highest BCUT2D eigenvalue weighted by molar-refractivity contribution is 7.92. The number of aromatic nitrogens is 3. The van der Waals surface area contributed by atoms with Crippen LogP contribution in [0.3, 0.4) is 0 Å². The van der Waals surface area contributed by atoms with E-state index in [0.717, 1.165) is 11.9 Å². The average Bonchev–Trinajstić information content (AvgIpc) is 2.97. The molecule has 0 bridgehead atoms. The summed E-state index contributed by atoms with van der Waals surface area (Å²) < 4.78 is 31.8. The molecule has 118 valence electrons. The van der Waals surface area contributed by atoms with Crippen LogP contribution in [0.4, 0.5) is 5.82 Å². The van der Waals surface area contributed by atoms with Gasteiger partial charge in [-0.15, -0.1) is 0 Å². The van der Waals surface area contributed by atoms with Gasteiger partial charge in [0.25, 0.3) is 10.0 Å². The Hall–Kier alpha value is -2.42. The highest BCUT2D eigenvalue weighted by atomic mass is 32.2. The van der Waals surface area contributed by atoms with Gasteiger partial charge in [0.1, 0.15) is 11.4 Å². The van der Waals surface area contributed by atoms with E-state index in [4.69, 9.17) is 4.74 Å². The Bertz CT molecular complexity index is 770. The number of esters is 1. The van der Waals surface area contributed by atoms with Crippen LogP contribution in [0.25, 0.3) is 0 Å². The third kappa shape index (κ3) is 3.42. The molecule has 0 fully saturated rings. The number of rotatable bonds is 6. The van der Waals surface area contributed by atoms with Crippen LogP contribution < -0.4 is 4.72 Å². The monoisotopic (exact) mass is 324 g/mol. The van der Waals surface area contributed by atoms with E-state index in [2.05, 4.69) is 19.9 Å². The summed E-state index contributed by atoms with van der Waals surface area (Å²) in [4.78, 5) is 15.9. The Morgan fingerprint density at radius 1 is 1.36 bits per heavy atom. The van der Waals surface area contributed by atoms with Crippen molar-refractivity contribution >= 4 is 21.8 Å². The topological polar surface area (TPSA) is 114 Å². The van der Waals surface area contributed by atoms with E-state index in [0.29, 0.717) is 6.42 Å². The SMILES string of the molecule is CCOC(=O)c1cn[nH]c1S(=O)(=O)Nc1cccc(CC)n1. The standard InChI is InChI=1S/C13H16N4O4S/c1-3-9-6-5-7-11(15-9)17-22(19,20)12-10(8-14-16-12)13(18)21-4-2/h5-8H,3-4H2,1-2H3,(H,14,16)(H,15,17). The Morgan fingerprint density at radius 2 is 2.14 bits per heavy atom. The number of pyridine rings is 1. The lowest BCUT2D eigenvalue weighted by Crippen LogP contribution is -2.18. The van der Waals surface area contributed by atoms with Crippen molar-refractivity contribution in [1.29, 1.82) is 0 Å². The fourth-order valence-electron chi connectivity index (χ4n) is 1.76. The molecule has 0 saturated heterocycles. The van der Waals surface area contributed by atoms with E-state index < -0.39 is 16.0 Å². The van der Waals surface area contributed by atoms with Crippen molar-refractivity contribution in [2.75, 3.05) is 11.3 Å². The lowest BCUT2D eigenvalue weighted by atomic mass is 10.3. The lowest BCUT2D eigenvalue weighted by Gasteiger charge is -2.08. The van der Waals surface area contributed by atoms with E-state index in [1.807, 2.05) is 6.92 Å². The first-order valence-electron chi connectivity index (χ1n) is 6.67. The first-order valence-corrected chi connectivity index (χ1v) is 8.15. The molecule has 0 radical (unpaired) electrons. The molecule has 0 saturated carbocycles. The van der Waals surface area contributed by atoms with Gasteiger partial charge in [-0.05, 0) is 25.5 Å². The Kier molecular flexibility index (Phi) is 4.76. The number of H-pyrrole nitrogens is 1. The Morgan fingerprint density at radius 3 is 2.82 bits per heavy atom. The second kappa shape index (κ2) is 6.56. The van der Waals surface area contributed by atoms with Crippen LogP contribution in [-0.4, -0.2) is 36.2 Å². The Balaban J connectivity index is 2.31. The van der Waals surface area contributed by atoms with E-state index >= 15 is 0 Å². The summed E-state index contributed by atoms with van der Waals surface area (Å²) in [5, 5.41) is 5.55. The van der Waals surface area contributed by atoms with Crippen molar-refractivity contribution in [2.45, 2.75) is 25.3 Å². The largest absolute Gasteiger partial charge is 0.462 e. The minimum absolute atomic E-state index is 0.136. The molecule has 2 aromatic rings. The molecule has 8 nitrogen and oxygen atoms in total. The lowest BCUT2D eigenvalue weighted by molar-refractivity contribution is 0.0522. The van der Waals surface area contributed by atoms with Gasteiger partial charge in [0.15, 0.2) is 5.03 Å². The van der Waals surface area contributed by atoms with Crippen molar-refractivity contribution in [3.05, 3.63) is 35.7 Å². The van der Waals surface area contributed by atoms with Crippen LogP contribution in [0.5, 0.6) is 0 Å². The summed E-state index contributed by atoms with van der Waals surface area (Å²) in [6.45, 7) is 3.68. The fraction of sp³-hybridized carbons (Fsp3) is 0.308. The van der Waals surface area contributed by atoms with Crippen molar-refractivity contribution in [3.8, 4) is 0 Å². The summed E-state index contributed by atoms with van der Waals surface area (Å²) in [5.74, 6) is -0.587. The summed E-state index contributed by atoms with van der Waals surface area (Å²) in [7, 11) is -4.02. The molecule has 0 spiro atoms. The summed E-state index contributed by atoms with van der Waals surface area (Å²) in [6, 6.07) is 5.01. The van der Waals surface area contributed by atoms with Gasteiger partial charge in [0.2, 0.25) is 0 Å². The third-order valence-electron chi connectivity index (χ3n) is 2.78. The van der Waals surface area contributed by atoms with E-state index in [-0.39, 0.29) is 23.0 Å². The molecule has 0 atom stereocenters. The van der Waals surface area contributed by atoms with Crippen LogP contribution in [0.15, 0.2) is 29.4 Å². The molecule has 0 aromatic carbocycles. The van der Waals surface area contributed by atoms with Gasteiger partial charge in [-0.2, -0.15) is 13.5 Å². The number of nitrogens with zero attached hydrogens (tertiary/aromatic N) is 2. The molecule has 0 unspecified atom stereocenters. The predicted molar refractivity (Wildman–Crippen MR) is 79.0 cm³/mol. The quantitative estimate of drug-likeness (QED) is 0.775. The van der Waals surface area contributed by atoms with Crippen molar-refractivity contribution in [2.24, 2.45) is 0 Å². The molecule has 0 amide bonds. The number of nitrogens with one attached hydrogen (secondary N) is 2. The van der Waals surface area contributed by atoms with Gasteiger partial charge in [-0.1, -0.05) is 13.0 Å². The van der Waals surface area contributed by atoms with E-state index in [1.54, 1.807) is 19.1 Å². The molecule has 2 rings (SSSR count). The van der Waals surface area contributed by atoms with Gasteiger partial charge in [0, 0.05) is 5.69 Å². The van der Waals surface area contributed by atoms with Gasteiger partial charge in [0.05, 0.1) is 12.8 Å². The molecular weight excluding hydrogens is 308 g/mol. The molecular formula is C13H16N4O4S. The van der Waals surface area contributed by atoms with Gasteiger partial charge in [-0.25, -0.2) is 9.78 Å². The maximum atomic E-state index is 12.4. The summed E-state index contributed by atoms with van der Waals surface area (Å²) in [5.41, 5.74) is 0.594. The highest BCUT2D eigenvalue weighted by Gasteiger charge is 2.26. The predicted octanol–water partition coefficient (Wildman–Crippen LogP) is 1.34. The van der Waals surface area contributed by atoms with Crippen LogP contribution >= 0.6 is 0 Å². The number of hydrogen-bond donors (Lipinski definition) is 2. The highest BCUT2D eigenvalue weighted by Crippen LogP contribution is 2.17. The molecule has 0 aliphatic heterocycles. The van der Waals surface area contributed by atoms with Gasteiger partial charge in [-0.3, -0.25) is 9.82 Å². The van der Waals surface area contributed by atoms with Crippen LogP contribution in [-0.2, 0) is 21.2 Å². The first kappa shape index (κ1) is 16.0. The molecule has 9 heteroatoms. The second-order valence-electron chi connectivity index (χ2n) is 4.31. The van der Waals surface area contributed by atoms with E-state index in [9.17, 15) is 13.2 Å². The second-order valence-corrected chi connectivity index (χ2v) is 5.93. The summed E-state index contributed by atoms with van der Waals surface area (Å²) >= 11 is 0. The number of aromatic amines is 1. The fourth-order valence-corrected chi connectivity index (χ4v) is 2.84. The third-order valence-corrected chi connectivity index (χ3v) is 4.10. The number of aryl methyl sites for hydroxylation is 1. The van der Waals surface area contributed by atoms with Gasteiger partial charge < -0.3 is 4.74 Å². The zero-order valence-electron chi connectivity index (χ0n) is 12.2. The molecule has 2 heterocycles. The molecule has 2 N–H and O–H groups in total. The molecule has 22 heavy (non-hydrogen) atoms. The minimum Gasteiger partial charge on any atom is -0.462 e. The van der Waals surface area contributed by atoms with E-state index in [1.165, 1.54) is 6.07 Å². The maximum Gasteiger partial charge on any atom is 0.342 e. The van der Waals surface area contributed by atoms with Crippen molar-refractivity contribution in [3.63, 3.8) is 0 Å². The summed E-state index contributed by atoms with van der Waals surface area (Å²) in [6.07, 6.45) is 1.79. The average molecular weight is 324 g/mol. The van der Waals surface area contributed by atoms with Gasteiger partial charge >= 0.3 is 5.97 Å². The number of sulfonamides is 1. The zero-order valence-corrected chi connectivity index (χ0v) is 13.0. The van der Waals surface area contributed by atoms with Crippen LogP contribution in [0.2, 0.25) is 0 Å². The minimum atomic E-state index is -4.02. The first-order chi connectivity index (χ1) is 10.5. The smallest absolute Gasteiger partial charge is 0.342 e. The van der Waals surface area contributed by atoms with Crippen molar-refractivity contribution < 1.29 is 17.9 Å². The molecule has 0 aliphatic rings. The molecule has 2 aromatic heterocycles. The number of ether oxygens (including phenoxy) is 1. The number of anilines is 1. The normalized spacial score (nSPS) is 11.2. The van der Waals surface area contributed by atoms with Crippen LogP contribution in [0, 0.1) is 0 Å². The number of carbonyl (C=O) groups is 1. The zero-order chi connectivity index (χ0) is 16.2. The number of hydrogen-bond acceptors (Lipinski definition) is 6. The van der Waals surface area contributed by atoms with Crippen LogP contribution in [0.1, 0.15) is 29.9 Å². The maximum absolute atomic E-state index is 12.4. The van der Waals surface area contributed by atoms with Crippen molar-refractivity contribution in [1.82, 2.24) is 15.2 Å². The molecule has 0 aliphatic carbocycles. The Labute approximate surface area is 128 Å².